The van der Waals surface area contributed by atoms with Crippen LogP contribution in [0.1, 0.15) is 11.1 Å². The van der Waals surface area contributed by atoms with Crippen molar-refractivity contribution in [1.82, 2.24) is 0 Å². The lowest BCUT2D eigenvalue weighted by Crippen LogP contribution is -2.15. The van der Waals surface area contributed by atoms with Gasteiger partial charge in [0.05, 0.1) is 17.7 Å². The molecule has 21 heavy (non-hydrogen) atoms. The number of amides is 1. The predicted molar refractivity (Wildman–Crippen MR) is 69.8 cm³/mol. The molecule has 6 heteroatoms. The average Bonchev–Trinajstić information content (AvgIpc) is 2.44. The third-order valence-electron chi connectivity index (χ3n) is 2.72. The summed E-state index contributed by atoms with van der Waals surface area (Å²) in [6.45, 7) is 0. The zero-order valence-corrected chi connectivity index (χ0v) is 10.7. The van der Waals surface area contributed by atoms with Crippen LogP contribution in [0.25, 0.3) is 0 Å². The van der Waals surface area contributed by atoms with Crippen LogP contribution in [-0.4, -0.2) is 5.91 Å². The summed E-state index contributed by atoms with van der Waals surface area (Å²) >= 11 is 0. The molecule has 0 radical (unpaired) electrons. The van der Waals surface area contributed by atoms with Crippen molar-refractivity contribution >= 4 is 11.6 Å². The Kier molecular flexibility index (Phi) is 4.24. The molecule has 2 rings (SSSR count). The second-order valence-electron chi connectivity index (χ2n) is 4.28. The Bertz CT molecular complexity index is 738. The van der Waals surface area contributed by atoms with Crippen LogP contribution in [-0.2, 0) is 11.2 Å². The number of rotatable bonds is 3. The van der Waals surface area contributed by atoms with Crippen molar-refractivity contribution in [3.05, 3.63) is 65.0 Å². The minimum absolute atomic E-state index is 0.0198. The highest BCUT2D eigenvalue weighted by molar-refractivity contribution is 5.93. The second-order valence-corrected chi connectivity index (χ2v) is 4.28. The van der Waals surface area contributed by atoms with E-state index in [0.29, 0.717) is 0 Å². The SMILES string of the molecule is N#Cc1cc(F)ccc1NC(=O)Cc1ccc(F)c(F)c1. The lowest BCUT2D eigenvalue weighted by molar-refractivity contribution is -0.115. The Labute approximate surface area is 118 Å². The first-order valence-corrected chi connectivity index (χ1v) is 5.93. The number of nitriles is 1. The van der Waals surface area contributed by atoms with Gasteiger partial charge in [0.1, 0.15) is 11.9 Å². The summed E-state index contributed by atoms with van der Waals surface area (Å²) in [5.41, 5.74) is 0.423. The molecule has 0 spiro atoms. The van der Waals surface area contributed by atoms with Crippen LogP contribution in [0, 0.1) is 28.8 Å². The molecule has 0 saturated carbocycles. The summed E-state index contributed by atoms with van der Waals surface area (Å²) < 4.78 is 38.8. The van der Waals surface area contributed by atoms with E-state index in [-0.39, 0.29) is 23.2 Å². The summed E-state index contributed by atoms with van der Waals surface area (Å²) in [5, 5.41) is 11.3. The number of nitrogens with one attached hydrogen (secondary N) is 1. The monoisotopic (exact) mass is 290 g/mol. The summed E-state index contributed by atoms with van der Waals surface area (Å²) in [7, 11) is 0. The molecule has 0 unspecified atom stereocenters. The first-order valence-electron chi connectivity index (χ1n) is 5.93. The van der Waals surface area contributed by atoms with E-state index >= 15 is 0 Å². The van der Waals surface area contributed by atoms with Crippen molar-refractivity contribution < 1.29 is 18.0 Å². The van der Waals surface area contributed by atoms with Crippen molar-refractivity contribution in [2.45, 2.75) is 6.42 Å². The van der Waals surface area contributed by atoms with E-state index in [1.54, 1.807) is 6.07 Å². The quantitative estimate of drug-likeness (QED) is 0.944. The van der Waals surface area contributed by atoms with Gasteiger partial charge in [0.25, 0.3) is 0 Å². The molecular formula is C15H9F3N2O. The van der Waals surface area contributed by atoms with Crippen LogP contribution >= 0.6 is 0 Å². The molecule has 1 amide bonds. The Morgan fingerprint density at radius 2 is 1.86 bits per heavy atom. The highest BCUT2D eigenvalue weighted by atomic mass is 19.2. The third kappa shape index (κ3) is 3.60. The molecule has 0 fully saturated rings. The topological polar surface area (TPSA) is 52.9 Å². The lowest BCUT2D eigenvalue weighted by Gasteiger charge is -2.07. The van der Waals surface area contributed by atoms with Gasteiger partial charge in [-0.05, 0) is 35.9 Å². The van der Waals surface area contributed by atoms with E-state index < -0.39 is 23.4 Å². The second kappa shape index (κ2) is 6.09. The number of anilines is 1. The van der Waals surface area contributed by atoms with Crippen LogP contribution in [0.15, 0.2) is 36.4 Å². The maximum Gasteiger partial charge on any atom is 0.228 e. The molecule has 2 aromatic carbocycles. The van der Waals surface area contributed by atoms with E-state index in [4.69, 9.17) is 5.26 Å². The molecule has 2 aromatic rings. The van der Waals surface area contributed by atoms with Gasteiger partial charge < -0.3 is 5.32 Å². The normalized spacial score (nSPS) is 10.0. The number of hydrogen-bond donors (Lipinski definition) is 1. The lowest BCUT2D eigenvalue weighted by atomic mass is 10.1. The smallest absolute Gasteiger partial charge is 0.228 e. The zero-order valence-electron chi connectivity index (χ0n) is 10.7. The molecule has 0 aliphatic carbocycles. The molecule has 0 aromatic heterocycles. The summed E-state index contributed by atoms with van der Waals surface area (Å²) in [5.74, 6) is -3.15. The first-order chi connectivity index (χ1) is 9.99. The Hall–Kier alpha value is -2.81. The molecule has 3 nitrogen and oxygen atoms in total. The van der Waals surface area contributed by atoms with Gasteiger partial charge in [-0.3, -0.25) is 4.79 Å². The van der Waals surface area contributed by atoms with E-state index in [2.05, 4.69) is 5.32 Å². The van der Waals surface area contributed by atoms with Crippen molar-refractivity contribution in [2.75, 3.05) is 5.32 Å². The van der Waals surface area contributed by atoms with Gasteiger partial charge in [-0.15, -0.1) is 0 Å². The van der Waals surface area contributed by atoms with Gasteiger partial charge in [0.2, 0.25) is 5.91 Å². The zero-order chi connectivity index (χ0) is 15.4. The number of carbonyl (C=O) groups excluding carboxylic acids is 1. The van der Waals surface area contributed by atoms with Gasteiger partial charge in [0, 0.05) is 0 Å². The standard InChI is InChI=1S/C15H9F3N2O/c16-11-2-4-14(10(7-11)8-19)20-15(21)6-9-1-3-12(17)13(18)5-9/h1-5,7H,6H2,(H,20,21). The van der Waals surface area contributed by atoms with E-state index in [1.807, 2.05) is 0 Å². The maximum absolute atomic E-state index is 13.0. The molecule has 1 N–H and O–H groups in total. The van der Waals surface area contributed by atoms with Gasteiger partial charge in [-0.2, -0.15) is 5.26 Å². The third-order valence-corrected chi connectivity index (χ3v) is 2.72. The van der Waals surface area contributed by atoms with E-state index in [1.165, 1.54) is 12.1 Å². The summed E-state index contributed by atoms with van der Waals surface area (Å²) in [6.07, 6.45) is -0.195. The summed E-state index contributed by atoms with van der Waals surface area (Å²) in [6, 6.07) is 8.25. The molecule has 106 valence electrons. The minimum atomic E-state index is -1.04. The largest absolute Gasteiger partial charge is 0.325 e. The number of carbonyl (C=O) groups is 1. The van der Waals surface area contributed by atoms with Crippen LogP contribution in [0.5, 0.6) is 0 Å². The van der Waals surface area contributed by atoms with Crippen molar-refractivity contribution in [3.63, 3.8) is 0 Å². The molecule has 0 aliphatic rings. The number of nitrogens with zero attached hydrogens (tertiary/aromatic N) is 1. The van der Waals surface area contributed by atoms with Gasteiger partial charge in [-0.1, -0.05) is 6.07 Å². The van der Waals surface area contributed by atoms with Gasteiger partial charge in [-0.25, -0.2) is 13.2 Å². The summed E-state index contributed by atoms with van der Waals surface area (Å²) in [4.78, 5) is 11.8. The molecule has 0 aliphatic heterocycles. The fourth-order valence-electron chi connectivity index (χ4n) is 1.75. The van der Waals surface area contributed by atoms with Crippen molar-refractivity contribution in [2.24, 2.45) is 0 Å². The molecule has 0 saturated heterocycles. The maximum atomic E-state index is 13.0. The van der Waals surface area contributed by atoms with Crippen LogP contribution < -0.4 is 5.32 Å². The Balaban J connectivity index is 2.12. The van der Waals surface area contributed by atoms with Crippen molar-refractivity contribution in [1.29, 1.82) is 5.26 Å². The van der Waals surface area contributed by atoms with Crippen molar-refractivity contribution in [3.8, 4) is 6.07 Å². The highest BCUT2D eigenvalue weighted by Gasteiger charge is 2.10. The predicted octanol–water partition coefficient (Wildman–Crippen LogP) is 3.16. The fraction of sp³-hybridized carbons (Fsp3) is 0.0667. The highest BCUT2D eigenvalue weighted by Crippen LogP contribution is 2.17. The van der Waals surface area contributed by atoms with Crippen LogP contribution in [0.4, 0.5) is 18.9 Å². The van der Waals surface area contributed by atoms with E-state index in [0.717, 1.165) is 24.3 Å². The van der Waals surface area contributed by atoms with Gasteiger partial charge >= 0.3 is 0 Å². The Morgan fingerprint density at radius 3 is 2.52 bits per heavy atom. The Morgan fingerprint density at radius 1 is 1.10 bits per heavy atom. The molecule has 0 heterocycles. The number of halogens is 3. The average molecular weight is 290 g/mol. The van der Waals surface area contributed by atoms with Crippen LogP contribution in [0.3, 0.4) is 0 Å². The fourth-order valence-corrected chi connectivity index (χ4v) is 1.75. The molecular weight excluding hydrogens is 281 g/mol. The van der Waals surface area contributed by atoms with Crippen LogP contribution in [0.2, 0.25) is 0 Å². The number of benzene rings is 2. The number of hydrogen-bond acceptors (Lipinski definition) is 2. The first kappa shape index (κ1) is 14.6. The van der Waals surface area contributed by atoms with Gasteiger partial charge in [0.15, 0.2) is 11.6 Å². The molecule has 0 bridgehead atoms. The minimum Gasteiger partial charge on any atom is -0.325 e. The van der Waals surface area contributed by atoms with E-state index in [9.17, 15) is 18.0 Å². The molecule has 0 atom stereocenters.